The number of amides is 1. The van der Waals surface area contributed by atoms with Crippen molar-refractivity contribution in [3.05, 3.63) is 68.5 Å². The van der Waals surface area contributed by atoms with Crippen LogP contribution in [0.1, 0.15) is 10.4 Å². The number of phenols is 1. The highest BCUT2D eigenvalue weighted by Gasteiger charge is 2.26. The van der Waals surface area contributed by atoms with E-state index in [1.54, 1.807) is 41.3 Å². The van der Waals surface area contributed by atoms with Crippen LogP contribution in [-0.2, 0) is 0 Å². The zero-order chi connectivity index (χ0) is 22.8. The van der Waals surface area contributed by atoms with E-state index in [-0.39, 0.29) is 34.3 Å². The molecule has 1 aliphatic heterocycles. The SMILES string of the molecule is COc1ccccc1Nc1c(Nc2cccc(C(=O)N3CCN(C)CC3)c2O)c(=O)c1=O. The number of nitrogens with zero attached hydrogens (tertiary/aromatic N) is 2. The summed E-state index contributed by atoms with van der Waals surface area (Å²) in [6, 6.07) is 11.7. The molecule has 0 aliphatic carbocycles. The highest BCUT2D eigenvalue weighted by atomic mass is 16.5. The summed E-state index contributed by atoms with van der Waals surface area (Å²) in [5.74, 6) is -0.0431. The molecule has 1 heterocycles. The Morgan fingerprint density at radius 1 is 0.906 bits per heavy atom. The molecule has 166 valence electrons. The fourth-order valence-electron chi connectivity index (χ4n) is 3.64. The predicted molar refractivity (Wildman–Crippen MR) is 122 cm³/mol. The third-order valence-corrected chi connectivity index (χ3v) is 5.59. The summed E-state index contributed by atoms with van der Waals surface area (Å²) >= 11 is 0. The normalized spacial score (nSPS) is 14.4. The Morgan fingerprint density at radius 2 is 1.50 bits per heavy atom. The molecule has 9 nitrogen and oxygen atoms in total. The van der Waals surface area contributed by atoms with E-state index in [0.717, 1.165) is 13.1 Å². The number of aromatic hydroxyl groups is 1. The third kappa shape index (κ3) is 3.90. The number of likely N-dealkylation sites (N-methyl/N-ethyl adjacent to an activating group) is 1. The molecule has 32 heavy (non-hydrogen) atoms. The molecule has 0 unspecified atom stereocenters. The maximum atomic E-state index is 12.9. The van der Waals surface area contributed by atoms with Crippen molar-refractivity contribution in [2.24, 2.45) is 0 Å². The van der Waals surface area contributed by atoms with Gasteiger partial charge in [-0.05, 0) is 31.3 Å². The first-order chi connectivity index (χ1) is 15.4. The van der Waals surface area contributed by atoms with Gasteiger partial charge in [0.1, 0.15) is 17.1 Å². The standard InChI is InChI=1S/C23H24N4O5/c1-26-10-12-27(13-11-26)23(31)14-6-5-8-16(20(14)28)25-19-18(21(29)22(19)30)24-15-7-3-4-9-17(15)32-2/h3-9,24-25,28H,10-13H2,1-2H3. The van der Waals surface area contributed by atoms with E-state index in [1.165, 1.54) is 13.2 Å². The van der Waals surface area contributed by atoms with Crippen molar-refractivity contribution in [3.63, 3.8) is 0 Å². The van der Waals surface area contributed by atoms with Gasteiger partial charge in [0.05, 0.1) is 24.0 Å². The molecular weight excluding hydrogens is 412 g/mol. The Balaban J connectivity index is 1.59. The summed E-state index contributed by atoms with van der Waals surface area (Å²) in [7, 11) is 3.49. The molecular formula is C23H24N4O5. The van der Waals surface area contributed by atoms with Crippen LogP contribution in [0.5, 0.6) is 11.5 Å². The van der Waals surface area contributed by atoms with Gasteiger partial charge >= 0.3 is 0 Å². The van der Waals surface area contributed by atoms with Crippen molar-refractivity contribution in [1.29, 1.82) is 0 Å². The molecule has 0 bridgehead atoms. The zero-order valence-corrected chi connectivity index (χ0v) is 17.8. The smallest absolute Gasteiger partial charge is 0.257 e. The summed E-state index contributed by atoms with van der Waals surface area (Å²) in [5, 5.41) is 16.5. The first-order valence-electron chi connectivity index (χ1n) is 10.2. The van der Waals surface area contributed by atoms with Gasteiger partial charge in [-0.25, -0.2) is 0 Å². The van der Waals surface area contributed by atoms with Gasteiger partial charge in [0.15, 0.2) is 5.75 Å². The molecule has 1 amide bonds. The highest BCUT2D eigenvalue weighted by molar-refractivity contribution is 5.99. The minimum absolute atomic E-state index is 0.0143. The number of para-hydroxylation sites is 3. The van der Waals surface area contributed by atoms with Crippen LogP contribution in [0, 0.1) is 0 Å². The molecule has 3 aromatic rings. The quantitative estimate of drug-likeness (QED) is 0.397. The van der Waals surface area contributed by atoms with Gasteiger partial charge in [-0.1, -0.05) is 18.2 Å². The van der Waals surface area contributed by atoms with E-state index >= 15 is 0 Å². The van der Waals surface area contributed by atoms with Crippen LogP contribution in [0.15, 0.2) is 52.1 Å². The topological polar surface area (TPSA) is 111 Å². The summed E-state index contributed by atoms with van der Waals surface area (Å²) in [6.45, 7) is 2.65. The second-order valence-corrected chi connectivity index (χ2v) is 7.66. The molecule has 3 aromatic carbocycles. The number of anilines is 4. The number of carbonyl (C=O) groups excluding carboxylic acids is 1. The van der Waals surface area contributed by atoms with Crippen molar-refractivity contribution in [3.8, 4) is 11.5 Å². The summed E-state index contributed by atoms with van der Waals surface area (Å²) in [5.41, 5.74) is -0.485. The van der Waals surface area contributed by atoms with Gasteiger partial charge in [0.25, 0.3) is 16.8 Å². The van der Waals surface area contributed by atoms with Crippen LogP contribution in [0.3, 0.4) is 0 Å². The monoisotopic (exact) mass is 436 g/mol. The van der Waals surface area contributed by atoms with E-state index in [2.05, 4.69) is 15.5 Å². The number of methoxy groups -OCH3 is 1. The van der Waals surface area contributed by atoms with Crippen LogP contribution in [0.25, 0.3) is 0 Å². The number of benzene rings is 2. The number of nitrogens with one attached hydrogen (secondary N) is 2. The Hall–Kier alpha value is -3.85. The molecule has 1 aliphatic rings. The van der Waals surface area contributed by atoms with E-state index in [4.69, 9.17) is 4.74 Å². The molecule has 1 saturated heterocycles. The Morgan fingerprint density at radius 3 is 2.16 bits per heavy atom. The number of phenolic OH excluding ortho intramolecular Hbond substituents is 1. The first-order valence-corrected chi connectivity index (χ1v) is 10.2. The minimum atomic E-state index is -0.711. The first kappa shape index (κ1) is 21.4. The molecule has 0 saturated carbocycles. The van der Waals surface area contributed by atoms with Gasteiger partial charge in [-0.2, -0.15) is 0 Å². The van der Waals surface area contributed by atoms with Crippen LogP contribution in [0.4, 0.5) is 22.7 Å². The van der Waals surface area contributed by atoms with Crippen molar-refractivity contribution in [2.75, 3.05) is 51.0 Å². The van der Waals surface area contributed by atoms with Gasteiger partial charge in [-0.3, -0.25) is 14.4 Å². The summed E-state index contributed by atoms with van der Waals surface area (Å²) in [4.78, 5) is 41.1. The average Bonchev–Trinajstić information content (AvgIpc) is 2.82. The van der Waals surface area contributed by atoms with Crippen LogP contribution in [0.2, 0.25) is 0 Å². The highest BCUT2D eigenvalue weighted by Crippen LogP contribution is 2.34. The predicted octanol–water partition coefficient (Wildman–Crippen LogP) is 1.87. The molecule has 0 spiro atoms. The molecule has 1 fully saturated rings. The average molecular weight is 436 g/mol. The van der Waals surface area contributed by atoms with E-state index < -0.39 is 10.9 Å². The van der Waals surface area contributed by atoms with Crippen LogP contribution >= 0.6 is 0 Å². The molecule has 0 radical (unpaired) electrons. The third-order valence-electron chi connectivity index (χ3n) is 5.59. The molecule has 9 heteroatoms. The lowest BCUT2D eigenvalue weighted by atomic mass is 10.1. The number of hydrogen-bond acceptors (Lipinski definition) is 8. The van der Waals surface area contributed by atoms with Crippen molar-refractivity contribution >= 4 is 28.7 Å². The van der Waals surface area contributed by atoms with Gasteiger partial charge in [-0.15, -0.1) is 0 Å². The number of rotatable bonds is 6. The van der Waals surface area contributed by atoms with E-state index in [0.29, 0.717) is 24.5 Å². The fourth-order valence-corrected chi connectivity index (χ4v) is 3.64. The summed E-state index contributed by atoms with van der Waals surface area (Å²) in [6.07, 6.45) is 0. The van der Waals surface area contributed by atoms with E-state index in [1.807, 2.05) is 7.05 Å². The van der Waals surface area contributed by atoms with Gasteiger partial charge < -0.3 is 30.3 Å². The van der Waals surface area contributed by atoms with Crippen molar-refractivity contribution in [2.45, 2.75) is 0 Å². The zero-order valence-electron chi connectivity index (χ0n) is 17.8. The lowest BCUT2D eigenvalue weighted by molar-refractivity contribution is 0.0661. The van der Waals surface area contributed by atoms with Gasteiger partial charge in [0.2, 0.25) is 0 Å². The largest absolute Gasteiger partial charge is 0.505 e. The maximum absolute atomic E-state index is 12.9. The Labute approximate surface area is 184 Å². The number of ether oxygens (including phenoxy) is 1. The maximum Gasteiger partial charge on any atom is 0.257 e. The van der Waals surface area contributed by atoms with Gasteiger partial charge in [0, 0.05) is 26.2 Å². The lowest BCUT2D eigenvalue weighted by Crippen LogP contribution is -2.47. The second-order valence-electron chi connectivity index (χ2n) is 7.66. The Kier molecular flexibility index (Phi) is 5.83. The van der Waals surface area contributed by atoms with Crippen LogP contribution < -0.4 is 26.2 Å². The summed E-state index contributed by atoms with van der Waals surface area (Å²) < 4.78 is 5.27. The van der Waals surface area contributed by atoms with E-state index in [9.17, 15) is 19.5 Å². The molecule has 4 rings (SSSR count). The van der Waals surface area contributed by atoms with Crippen LogP contribution in [-0.4, -0.2) is 61.2 Å². The fraction of sp³-hybridized carbons (Fsp3) is 0.261. The molecule has 3 N–H and O–H groups in total. The lowest BCUT2D eigenvalue weighted by Gasteiger charge is -2.32. The minimum Gasteiger partial charge on any atom is -0.505 e. The Bertz CT molecular complexity index is 1220. The molecule has 0 aromatic heterocycles. The number of hydrogen-bond donors (Lipinski definition) is 3. The number of piperazine rings is 1. The second kappa shape index (κ2) is 8.72. The molecule has 0 atom stereocenters. The van der Waals surface area contributed by atoms with Crippen molar-refractivity contribution in [1.82, 2.24) is 9.80 Å². The van der Waals surface area contributed by atoms with Crippen molar-refractivity contribution < 1.29 is 14.6 Å². The number of carbonyl (C=O) groups is 1.